The second-order valence-corrected chi connectivity index (χ2v) is 5.88. The Hall–Kier alpha value is -1.32. The van der Waals surface area contributed by atoms with Crippen LogP contribution in [-0.4, -0.2) is 16.5 Å². The number of hydrogen-bond donors (Lipinski definition) is 2. The maximum Gasteiger partial charge on any atom is 0.134 e. The minimum atomic E-state index is 0.594. The molecule has 0 aromatic carbocycles. The molecule has 0 aliphatic heterocycles. The third-order valence-corrected chi connectivity index (χ3v) is 3.55. The summed E-state index contributed by atoms with van der Waals surface area (Å²) in [6, 6.07) is 0. The Labute approximate surface area is 123 Å². The third-order valence-electron chi connectivity index (χ3n) is 3.55. The lowest BCUT2D eigenvalue weighted by molar-refractivity contribution is 0.523. The van der Waals surface area contributed by atoms with Crippen LogP contribution in [0.15, 0.2) is 0 Å². The van der Waals surface area contributed by atoms with Gasteiger partial charge in [0.25, 0.3) is 0 Å². The highest BCUT2D eigenvalue weighted by molar-refractivity contribution is 5.54. The van der Waals surface area contributed by atoms with Gasteiger partial charge in [0.05, 0.1) is 0 Å². The van der Waals surface area contributed by atoms with E-state index in [1.165, 1.54) is 32.1 Å². The summed E-state index contributed by atoms with van der Waals surface area (Å²) in [5.41, 5.74) is 6.86. The molecule has 114 valence electrons. The van der Waals surface area contributed by atoms with E-state index in [2.05, 4.69) is 29.1 Å². The zero-order valence-corrected chi connectivity index (χ0v) is 13.5. The Balaban J connectivity index is 2.30. The van der Waals surface area contributed by atoms with Gasteiger partial charge in [0.2, 0.25) is 0 Å². The molecule has 3 N–H and O–H groups in total. The van der Waals surface area contributed by atoms with Gasteiger partial charge in [0, 0.05) is 18.5 Å². The topological polar surface area (TPSA) is 63.8 Å². The van der Waals surface area contributed by atoms with Gasteiger partial charge in [0.15, 0.2) is 0 Å². The number of aromatic nitrogens is 2. The van der Waals surface area contributed by atoms with Crippen LogP contribution < -0.4 is 11.1 Å². The van der Waals surface area contributed by atoms with Crippen LogP contribution in [-0.2, 0) is 6.42 Å². The lowest BCUT2D eigenvalue weighted by Gasteiger charge is -2.11. The van der Waals surface area contributed by atoms with E-state index in [0.29, 0.717) is 5.82 Å². The molecular weight excluding hydrogens is 248 g/mol. The van der Waals surface area contributed by atoms with Crippen LogP contribution in [0.4, 0.5) is 11.6 Å². The molecule has 4 nitrogen and oxygen atoms in total. The molecular formula is C16H30N4. The quantitative estimate of drug-likeness (QED) is 0.671. The molecule has 0 fully saturated rings. The van der Waals surface area contributed by atoms with Crippen molar-refractivity contribution in [2.75, 3.05) is 17.6 Å². The van der Waals surface area contributed by atoms with Crippen molar-refractivity contribution in [3.8, 4) is 0 Å². The van der Waals surface area contributed by atoms with Crippen LogP contribution in [0.5, 0.6) is 0 Å². The zero-order valence-electron chi connectivity index (χ0n) is 13.5. The molecule has 1 rings (SSSR count). The summed E-state index contributed by atoms with van der Waals surface area (Å²) in [5.74, 6) is 3.13. The molecule has 20 heavy (non-hydrogen) atoms. The van der Waals surface area contributed by atoms with E-state index in [1.54, 1.807) is 0 Å². The monoisotopic (exact) mass is 278 g/mol. The number of hydrogen-bond acceptors (Lipinski definition) is 4. The van der Waals surface area contributed by atoms with Crippen LogP contribution in [0.1, 0.15) is 64.3 Å². The average molecular weight is 278 g/mol. The van der Waals surface area contributed by atoms with Crippen LogP contribution in [0.25, 0.3) is 0 Å². The molecule has 4 heteroatoms. The Morgan fingerprint density at radius 2 is 1.80 bits per heavy atom. The highest BCUT2D eigenvalue weighted by Gasteiger charge is 2.06. The normalized spacial score (nSPS) is 11.1. The Bertz CT molecular complexity index is 402. The van der Waals surface area contributed by atoms with Gasteiger partial charge in [-0.3, -0.25) is 0 Å². The largest absolute Gasteiger partial charge is 0.383 e. The Morgan fingerprint density at radius 3 is 2.45 bits per heavy atom. The van der Waals surface area contributed by atoms with E-state index in [-0.39, 0.29) is 0 Å². The number of rotatable bonds is 9. The van der Waals surface area contributed by atoms with Crippen molar-refractivity contribution in [3.05, 3.63) is 11.4 Å². The van der Waals surface area contributed by atoms with E-state index >= 15 is 0 Å². The van der Waals surface area contributed by atoms with E-state index in [4.69, 9.17) is 5.73 Å². The van der Waals surface area contributed by atoms with Crippen LogP contribution in [0.2, 0.25) is 0 Å². The molecule has 0 bridgehead atoms. The van der Waals surface area contributed by atoms with Crippen molar-refractivity contribution in [1.29, 1.82) is 0 Å². The number of anilines is 2. The molecule has 0 saturated heterocycles. The first-order valence-corrected chi connectivity index (χ1v) is 7.91. The second-order valence-electron chi connectivity index (χ2n) is 5.88. The van der Waals surface area contributed by atoms with Crippen molar-refractivity contribution >= 4 is 11.6 Å². The number of aryl methyl sites for hydroxylation is 1. The summed E-state index contributed by atoms with van der Waals surface area (Å²) < 4.78 is 0. The predicted octanol–water partition coefficient (Wildman–Crippen LogP) is 3.95. The standard InChI is InChI=1S/C16H30N4/c1-5-14-19-15(17)13(4)16(20-14)18-11-9-7-6-8-10-12(2)3/h12H,5-11H2,1-4H3,(H3,17,18,19,20). The maximum atomic E-state index is 5.90. The average Bonchev–Trinajstić information content (AvgIpc) is 2.41. The third kappa shape index (κ3) is 5.76. The summed E-state index contributed by atoms with van der Waals surface area (Å²) in [4.78, 5) is 8.77. The fourth-order valence-corrected chi connectivity index (χ4v) is 2.15. The molecule has 0 unspecified atom stereocenters. The molecule has 0 atom stereocenters. The van der Waals surface area contributed by atoms with Gasteiger partial charge >= 0.3 is 0 Å². The fourth-order valence-electron chi connectivity index (χ4n) is 2.15. The minimum absolute atomic E-state index is 0.594. The number of nitrogens with two attached hydrogens (primary N) is 1. The molecule has 0 spiro atoms. The number of nitrogen functional groups attached to an aromatic ring is 1. The van der Waals surface area contributed by atoms with Crippen LogP contribution in [0, 0.1) is 12.8 Å². The molecule has 1 aromatic rings. The van der Waals surface area contributed by atoms with Crippen molar-refractivity contribution in [3.63, 3.8) is 0 Å². The van der Waals surface area contributed by atoms with E-state index in [9.17, 15) is 0 Å². The molecule has 1 aromatic heterocycles. The first kappa shape index (κ1) is 16.7. The van der Waals surface area contributed by atoms with Gasteiger partial charge in [-0.25, -0.2) is 9.97 Å². The van der Waals surface area contributed by atoms with Crippen LogP contribution >= 0.6 is 0 Å². The molecule has 1 heterocycles. The first-order valence-electron chi connectivity index (χ1n) is 7.91. The van der Waals surface area contributed by atoms with Gasteiger partial charge in [-0.15, -0.1) is 0 Å². The van der Waals surface area contributed by atoms with E-state index in [0.717, 1.165) is 36.1 Å². The lowest BCUT2D eigenvalue weighted by Crippen LogP contribution is -2.10. The maximum absolute atomic E-state index is 5.90. The lowest BCUT2D eigenvalue weighted by atomic mass is 10.0. The smallest absolute Gasteiger partial charge is 0.134 e. The summed E-state index contributed by atoms with van der Waals surface area (Å²) in [6.07, 6.45) is 7.29. The van der Waals surface area contributed by atoms with Crippen molar-refractivity contribution < 1.29 is 0 Å². The van der Waals surface area contributed by atoms with Crippen molar-refractivity contribution in [2.24, 2.45) is 5.92 Å². The van der Waals surface area contributed by atoms with Gasteiger partial charge in [-0.1, -0.05) is 46.5 Å². The van der Waals surface area contributed by atoms with E-state index < -0.39 is 0 Å². The zero-order chi connectivity index (χ0) is 15.0. The van der Waals surface area contributed by atoms with E-state index in [1.807, 2.05) is 13.8 Å². The molecule has 0 radical (unpaired) electrons. The van der Waals surface area contributed by atoms with Crippen LogP contribution in [0.3, 0.4) is 0 Å². The highest BCUT2D eigenvalue weighted by Crippen LogP contribution is 2.17. The van der Waals surface area contributed by atoms with Crippen molar-refractivity contribution in [2.45, 2.75) is 66.2 Å². The fraction of sp³-hybridized carbons (Fsp3) is 0.750. The van der Waals surface area contributed by atoms with Gasteiger partial charge < -0.3 is 11.1 Å². The molecule has 0 aliphatic carbocycles. The molecule has 0 saturated carbocycles. The minimum Gasteiger partial charge on any atom is -0.383 e. The summed E-state index contributed by atoms with van der Waals surface area (Å²) >= 11 is 0. The Kier molecular flexibility index (Phi) is 7.34. The van der Waals surface area contributed by atoms with Gasteiger partial charge in [0.1, 0.15) is 17.5 Å². The number of nitrogens with zero attached hydrogens (tertiary/aromatic N) is 2. The SMILES string of the molecule is CCc1nc(N)c(C)c(NCCCCCCC(C)C)n1. The molecule has 0 aliphatic rings. The summed E-state index contributed by atoms with van der Waals surface area (Å²) in [5, 5.41) is 3.40. The summed E-state index contributed by atoms with van der Waals surface area (Å²) in [6.45, 7) is 9.55. The number of nitrogens with one attached hydrogen (secondary N) is 1. The van der Waals surface area contributed by atoms with Gasteiger partial charge in [-0.05, 0) is 19.3 Å². The first-order chi connectivity index (χ1) is 9.54. The molecule has 0 amide bonds. The summed E-state index contributed by atoms with van der Waals surface area (Å²) in [7, 11) is 0. The van der Waals surface area contributed by atoms with Crippen molar-refractivity contribution in [1.82, 2.24) is 9.97 Å². The highest BCUT2D eigenvalue weighted by atomic mass is 15.1. The van der Waals surface area contributed by atoms with Gasteiger partial charge in [-0.2, -0.15) is 0 Å². The Morgan fingerprint density at radius 1 is 1.10 bits per heavy atom. The predicted molar refractivity (Wildman–Crippen MR) is 87.0 cm³/mol. The number of unbranched alkanes of at least 4 members (excludes halogenated alkanes) is 3. The second kappa shape index (κ2) is 8.77.